The van der Waals surface area contributed by atoms with Gasteiger partial charge in [0.25, 0.3) is 0 Å². The SMILES string of the molecule is C1=CC2c3cc(-c4cc5c(c6ccccc46)-c4cccc6c4B(N5c4ccccc4)N(c4ccccc4)c4cc(-c5ccc7c(c5)c5ccccc5n7-c5cc7ccccc7c(-c7ccccc7)n5)c5ccccc5c4-6)ccc3C(c3nc(-c4ccccc4)c4ccccc4n3)C2C=C1. The summed E-state index contributed by atoms with van der Waals surface area (Å²) in [4.78, 5) is 21.8. The van der Waals surface area contributed by atoms with Crippen molar-refractivity contribution in [1.82, 2.24) is 19.5 Å². The third-order valence-corrected chi connectivity index (χ3v) is 21.6. The largest absolute Gasteiger partial charge is 0.421 e. The zero-order valence-corrected chi connectivity index (χ0v) is 53.8. The highest BCUT2D eigenvalue weighted by molar-refractivity contribution is 6.86. The number of nitrogens with zero attached hydrogens (tertiary/aromatic N) is 6. The Morgan fingerprint density at radius 1 is 0.323 bits per heavy atom. The van der Waals surface area contributed by atoms with Crippen LogP contribution >= 0.6 is 0 Å². The van der Waals surface area contributed by atoms with E-state index in [1.807, 2.05) is 0 Å². The van der Waals surface area contributed by atoms with E-state index in [-0.39, 0.29) is 24.7 Å². The number of hydrogen-bond acceptors (Lipinski definition) is 5. The molecule has 4 aliphatic rings. The van der Waals surface area contributed by atoms with E-state index in [9.17, 15) is 0 Å². The molecule has 5 heterocycles. The zero-order valence-electron chi connectivity index (χ0n) is 53.8. The summed E-state index contributed by atoms with van der Waals surface area (Å²) in [5.74, 6) is 2.00. The Morgan fingerprint density at radius 2 is 0.838 bits per heavy atom. The predicted molar refractivity (Wildman–Crippen MR) is 412 cm³/mol. The van der Waals surface area contributed by atoms with Crippen LogP contribution in [-0.4, -0.2) is 26.5 Å². The van der Waals surface area contributed by atoms with Crippen LogP contribution in [0.2, 0.25) is 0 Å². The molecule has 0 bridgehead atoms. The van der Waals surface area contributed by atoms with Crippen molar-refractivity contribution < 1.29 is 0 Å². The Kier molecular flexibility index (Phi) is 12.3. The van der Waals surface area contributed by atoms with Gasteiger partial charge < -0.3 is 9.62 Å². The van der Waals surface area contributed by atoms with Gasteiger partial charge in [0.2, 0.25) is 0 Å². The number of aromatic nitrogens is 4. The molecule has 0 amide bonds. The quantitative estimate of drug-likeness (QED) is 0.142. The van der Waals surface area contributed by atoms with Gasteiger partial charge in [0.05, 0.1) is 33.9 Å². The minimum atomic E-state index is -0.317. The number of rotatable bonds is 8. The van der Waals surface area contributed by atoms with Crippen molar-refractivity contribution >= 4 is 100 Å². The van der Waals surface area contributed by atoms with E-state index in [2.05, 4.69) is 354 Å². The van der Waals surface area contributed by atoms with E-state index in [0.29, 0.717) is 0 Å². The molecule has 2 aliphatic carbocycles. The van der Waals surface area contributed by atoms with Crippen molar-refractivity contribution in [2.75, 3.05) is 9.62 Å². The summed E-state index contributed by atoms with van der Waals surface area (Å²) in [6.07, 6.45) is 9.24. The van der Waals surface area contributed by atoms with Crippen LogP contribution in [-0.2, 0) is 0 Å². The topological polar surface area (TPSA) is 50.1 Å². The minimum absolute atomic E-state index is 0.0415. The molecule has 0 N–H and O–H groups in total. The molecular formula is C92H59BN6. The molecule has 21 rings (SSSR count). The summed E-state index contributed by atoms with van der Waals surface area (Å²) < 4.78 is 2.36. The van der Waals surface area contributed by atoms with Gasteiger partial charge in [0.1, 0.15) is 11.6 Å². The number of pyridine rings is 1. The fourth-order valence-electron chi connectivity index (χ4n) is 17.4. The van der Waals surface area contributed by atoms with E-state index in [1.54, 1.807) is 0 Å². The lowest BCUT2D eigenvalue weighted by molar-refractivity contribution is 0.548. The van der Waals surface area contributed by atoms with E-state index in [0.717, 1.165) is 95.2 Å². The van der Waals surface area contributed by atoms with Crippen LogP contribution in [0.4, 0.5) is 22.7 Å². The second-order valence-electron chi connectivity index (χ2n) is 26.8. The third kappa shape index (κ3) is 8.41. The average Bonchev–Trinajstić information content (AvgIpc) is 1.36. The average molecular weight is 1260 g/mol. The molecule has 0 saturated heterocycles. The van der Waals surface area contributed by atoms with Crippen LogP contribution in [0, 0.1) is 5.92 Å². The van der Waals surface area contributed by atoms with Crippen LogP contribution in [0.25, 0.3) is 138 Å². The van der Waals surface area contributed by atoms with Crippen molar-refractivity contribution in [3.05, 3.63) is 357 Å². The molecule has 99 heavy (non-hydrogen) atoms. The number of allylic oxidation sites excluding steroid dienone is 4. The van der Waals surface area contributed by atoms with Gasteiger partial charge in [0, 0.05) is 78.4 Å². The fourth-order valence-corrected chi connectivity index (χ4v) is 17.4. The Hall–Kier alpha value is -12.7. The van der Waals surface area contributed by atoms with Gasteiger partial charge in [-0.2, -0.15) is 0 Å². The maximum Gasteiger partial charge on any atom is 0.421 e. The van der Waals surface area contributed by atoms with Crippen molar-refractivity contribution in [1.29, 1.82) is 0 Å². The first-order valence-corrected chi connectivity index (χ1v) is 34.4. The molecule has 0 fully saturated rings. The predicted octanol–water partition coefficient (Wildman–Crippen LogP) is 22.6. The first kappa shape index (κ1) is 55.6. The molecule has 7 heteroatoms. The van der Waals surface area contributed by atoms with Gasteiger partial charge in [-0.3, -0.25) is 4.57 Å². The smallest absolute Gasteiger partial charge is 0.361 e. The Labute approximate surface area is 573 Å². The van der Waals surface area contributed by atoms with Gasteiger partial charge >= 0.3 is 6.98 Å². The van der Waals surface area contributed by atoms with Gasteiger partial charge in [-0.15, -0.1) is 0 Å². The van der Waals surface area contributed by atoms with Crippen molar-refractivity contribution in [3.8, 4) is 72.8 Å². The maximum atomic E-state index is 5.54. The molecule has 0 radical (unpaired) electrons. The minimum Gasteiger partial charge on any atom is -0.361 e. The molecular weight excluding hydrogens is 1200 g/mol. The molecule has 14 aromatic carbocycles. The molecule has 3 aromatic heterocycles. The van der Waals surface area contributed by atoms with Crippen LogP contribution in [0.3, 0.4) is 0 Å². The fraction of sp³-hybridized carbons (Fsp3) is 0.0326. The Bertz CT molecular complexity index is 6280. The van der Waals surface area contributed by atoms with Gasteiger partial charge in [-0.25, -0.2) is 15.0 Å². The first-order chi connectivity index (χ1) is 49.1. The van der Waals surface area contributed by atoms with Crippen molar-refractivity contribution in [2.24, 2.45) is 5.92 Å². The second kappa shape index (κ2) is 21.9. The summed E-state index contributed by atoms with van der Waals surface area (Å²) >= 11 is 0. The normalized spacial score (nSPS) is 15.6. The van der Waals surface area contributed by atoms with E-state index in [1.165, 1.54) is 87.9 Å². The molecule has 0 saturated carbocycles. The van der Waals surface area contributed by atoms with Crippen LogP contribution in [0.15, 0.2) is 340 Å². The second-order valence-corrected chi connectivity index (χ2v) is 26.8. The molecule has 6 nitrogen and oxygen atoms in total. The molecule has 460 valence electrons. The van der Waals surface area contributed by atoms with Gasteiger partial charge in [-0.1, -0.05) is 273 Å². The van der Waals surface area contributed by atoms with Gasteiger partial charge in [0.15, 0.2) is 0 Å². The lowest BCUT2D eigenvalue weighted by Crippen LogP contribution is -2.62. The van der Waals surface area contributed by atoms with E-state index < -0.39 is 0 Å². The number of para-hydroxylation sites is 4. The Balaban J connectivity index is 0.764. The standard InChI is InChI=1S/C92H59BN6/c1-5-26-57(27-6-1)90-64-35-14-13-30-59(64)54-85(95-90)97-81-47-24-22-39-68(81)79-53-61(49-51-82(79)97)77-56-84-87(70-41-19-16-37-66(70)77)75-45-25-44-74-86-69-40-18-15-36-65(69)76(55-83(86)98(62-31-9-3-10-32-62)93(89(74)75)99(84)63-33-11-4-12-34-63)60-48-50-72-78(52-60)67-38-17-20-42-71(67)88(72)92-94-80-46-23-21-43-73(80)91(96-92)58-28-7-2-8-29-58/h1-56,67,71,88H. The van der Waals surface area contributed by atoms with E-state index in [4.69, 9.17) is 15.0 Å². The summed E-state index contributed by atoms with van der Waals surface area (Å²) in [6.45, 7) is -0.317. The highest BCUT2D eigenvalue weighted by atomic mass is 15.2. The summed E-state index contributed by atoms with van der Waals surface area (Å²) in [5, 5.41) is 10.5. The highest BCUT2D eigenvalue weighted by Gasteiger charge is 2.49. The number of hydrogen-bond donors (Lipinski definition) is 0. The molecule has 3 atom stereocenters. The summed E-state index contributed by atoms with van der Waals surface area (Å²) in [7, 11) is 0. The number of fused-ring (bicyclic) bond motifs is 16. The zero-order chi connectivity index (χ0) is 64.8. The van der Waals surface area contributed by atoms with Crippen LogP contribution in [0.1, 0.15) is 28.8 Å². The molecule has 17 aromatic rings. The summed E-state index contributed by atoms with van der Waals surface area (Å²) in [5.41, 5.74) is 25.3. The van der Waals surface area contributed by atoms with Crippen molar-refractivity contribution in [3.63, 3.8) is 0 Å². The highest BCUT2D eigenvalue weighted by Crippen LogP contribution is 2.57. The van der Waals surface area contributed by atoms with Crippen molar-refractivity contribution in [2.45, 2.75) is 11.8 Å². The third-order valence-electron chi connectivity index (χ3n) is 21.6. The van der Waals surface area contributed by atoms with Crippen LogP contribution in [0.5, 0.6) is 0 Å². The summed E-state index contributed by atoms with van der Waals surface area (Å²) in [6, 6.07) is 116. The first-order valence-electron chi connectivity index (χ1n) is 34.4. The maximum absolute atomic E-state index is 5.54. The monoisotopic (exact) mass is 1260 g/mol. The Morgan fingerprint density at radius 3 is 1.49 bits per heavy atom. The number of anilines is 4. The lowest BCUT2D eigenvalue weighted by Gasteiger charge is -2.48. The molecule has 3 unspecified atom stereocenters. The van der Waals surface area contributed by atoms with Crippen LogP contribution < -0.4 is 15.1 Å². The lowest BCUT2D eigenvalue weighted by atomic mass is 9.53. The molecule has 0 spiro atoms. The van der Waals surface area contributed by atoms with E-state index >= 15 is 0 Å². The molecule has 2 aliphatic heterocycles. The van der Waals surface area contributed by atoms with Gasteiger partial charge in [-0.05, 0) is 144 Å². The number of benzene rings is 14.